The van der Waals surface area contributed by atoms with E-state index in [1.54, 1.807) is 18.4 Å². The molecular weight excluding hydrogens is 412 g/mol. The minimum absolute atomic E-state index is 0.436. The summed E-state index contributed by atoms with van der Waals surface area (Å²) in [5.74, 6) is 0.926. The van der Waals surface area contributed by atoms with Gasteiger partial charge in [-0.15, -0.1) is 0 Å². The second-order valence-corrected chi connectivity index (χ2v) is 8.60. The van der Waals surface area contributed by atoms with E-state index >= 15 is 0 Å². The SMILES string of the molecule is CC(C)c1ccc(CCc2coc3cccc(O[C@@H]4O[C@H](CO)[C@@H](O)[C@H](O)[C@H]4O)c23)cc1. The van der Waals surface area contributed by atoms with Crippen molar-refractivity contribution in [3.63, 3.8) is 0 Å². The highest BCUT2D eigenvalue weighted by atomic mass is 16.7. The second-order valence-electron chi connectivity index (χ2n) is 8.60. The fourth-order valence-electron chi connectivity index (χ4n) is 4.04. The predicted octanol–water partition coefficient (Wildman–Crippen LogP) is 2.52. The smallest absolute Gasteiger partial charge is 0.229 e. The van der Waals surface area contributed by atoms with Crippen LogP contribution in [0.3, 0.4) is 0 Å². The highest BCUT2D eigenvalue weighted by Gasteiger charge is 2.44. The van der Waals surface area contributed by atoms with Crippen LogP contribution in [0.5, 0.6) is 5.75 Å². The molecule has 0 aliphatic carbocycles. The maximum Gasteiger partial charge on any atom is 0.229 e. The zero-order valence-corrected chi connectivity index (χ0v) is 18.2. The number of hydrogen-bond acceptors (Lipinski definition) is 7. The van der Waals surface area contributed by atoms with Crippen LogP contribution in [0.1, 0.15) is 36.5 Å². The molecule has 4 rings (SSSR count). The van der Waals surface area contributed by atoms with E-state index in [-0.39, 0.29) is 0 Å². The first-order valence-electron chi connectivity index (χ1n) is 10.9. The van der Waals surface area contributed by atoms with Crippen LogP contribution in [0.15, 0.2) is 53.1 Å². The summed E-state index contributed by atoms with van der Waals surface area (Å²) in [6.45, 7) is 3.83. The number of aryl methyl sites for hydroxylation is 2. The van der Waals surface area contributed by atoms with Gasteiger partial charge in [0.15, 0.2) is 0 Å². The van der Waals surface area contributed by atoms with Crippen molar-refractivity contribution in [1.82, 2.24) is 0 Å². The van der Waals surface area contributed by atoms with E-state index in [0.717, 1.165) is 23.8 Å². The van der Waals surface area contributed by atoms with Gasteiger partial charge in [0.1, 0.15) is 35.7 Å². The predicted molar refractivity (Wildman–Crippen MR) is 119 cm³/mol. The van der Waals surface area contributed by atoms with Crippen LogP contribution in [0.2, 0.25) is 0 Å². The van der Waals surface area contributed by atoms with Gasteiger partial charge in [0, 0.05) is 5.56 Å². The van der Waals surface area contributed by atoms with Crippen LogP contribution < -0.4 is 4.74 Å². The molecule has 0 unspecified atom stereocenters. The molecule has 2 heterocycles. The Balaban J connectivity index is 1.54. The van der Waals surface area contributed by atoms with Crippen molar-refractivity contribution in [2.24, 2.45) is 0 Å². The molecule has 0 spiro atoms. The second kappa shape index (κ2) is 9.60. The molecular formula is C25H30O7. The quantitative estimate of drug-likeness (QED) is 0.445. The first-order chi connectivity index (χ1) is 15.4. The number of aliphatic hydroxyl groups excluding tert-OH is 4. The van der Waals surface area contributed by atoms with Gasteiger partial charge >= 0.3 is 0 Å². The average molecular weight is 443 g/mol. The van der Waals surface area contributed by atoms with Gasteiger partial charge in [0.2, 0.25) is 6.29 Å². The van der Waals surface area contributed by atoms with Gasteiger partial charge in [-0.25, -0.2) is 0 Å². The Hall–Kier alpha value is -2.42. The summed E-state index contributed by atoms with van der Waals surface area (Å²) in [7, 11) is 0. The summed E-state index contributed by atoms with van der Waals surface area (Å²) in [6.07, 6.45) is -3.44. The first kappa shape index (κ1) is 22.8. The summed E-state index contributed by atoms with van der Waals surface area (Å²) >= 11 is 0. The Morgan fingerprint density at radius 1 is 0.938 bits per heavy atom. The first-order valence-corrected chi connectivity index (χ1v) is 10.9. The number of rotatable bonds is 7. The van der Waals surface area contributed by atoms with Gasteiger partial charge in [0.25, 0.3) is 0 Å². The summed E-state index contributed by atoms with van der Waals surface area (Å²) in [5, 5.41) is 40.5. The molecule has 32 heavy (non-hydrogen) atoms. The van der Waals surface area contributed by atoms with E-state index in [9.17, 15) is 20.4 Å². The van der Waals surface area contributed by atoms with Crippen molar-refractivity contribution in [2.75, 3.05) is 6.61 Å². The fraction of sp³-hybridized carbons (Fsp3) is 0.440. The summed E-state index contributed by atoms with van der Waals surface area (Å²) in [4.78, 5) is 0. The van der Waals surface area contributed by atoms with Crippen molar-refractivity contribution < 1.29 is 34.3 Å². The van der Waals surface area contributed by atoms with Gasteiger partial charge in [0.05, 0.1) is 18.3 Å². The minimum atomic E-state index is -1.50. The number of furan rings is 1. The normalized spacial score (nSPS) is 26.0. The van der Waals surface area contributed by atoms with Gasteiger partial charge in [-0.05, 0) is 42.0 Å². The lowest BCUT2D eigenvalue weighted by Gasteiger charge is -2.39. The molecule has 1 aromatic heterocycles. The number of ether oxygens (including phenoxy) is 2. The molecule has 1 fully saturated rings. The van der Waals surface area contributed by atoms with Gasteiger partial charge < -0.3 is 34.3 Å². The van der Waals surface area contributed by atoms with Crippen molar-refractivity contribution in [3.8, 4) is 5.75 Å². The van der Waals surface area contributed by atoms with Gasteiger partial charge in [-0.1, -0.05) is 44.2 Å². The maximum atomic E-state index is 10.3. The Morgan fingerprint density at radius 2 is 1.69 bits per heavy atom. The van der Waals surface area contributed by atoms with Crippen LogP contribution in [-0.4, -0.2) is 57.7 Å². The molecule has 1 aliphatic rings. The van der Waals surface area contributed by atoms with E-state index in [1.165, 1.54) is 11.1 Å². The maximum absolute atomic E-state index is 10.3. The van der Waals surface area contributed by atoms with E-state index in [1.807, 2.05) is 6.07 Å². The molecule has 7 heteroatoms. The van der Waals surface area contributed by atoms with Crippen molar-refractivity contribution in [3.05, 3.63) is 65.4 Å². The van der Waals surface area contributed by atoms with Gasteiger partial charge in [-0.2, -0.15) is 0 Å². The van der Waals surface area contributed by atoms with Crippen LogP contribution in [0.25, 0.3) is 11.0 Å². The Kier molecular flexibility index (Phi) is 6.83. The molecule has 0 saturated carbocycles. The Bertz CT molecular complexity index is 1020. The fourth-order valence-corrected chi connectivity index (χ4v) is 4.04. The Labute approximate surface area is 186 Å². The number of hydrogen-bond donors (Lipinski definition) is 4. The zero-order valence-electron chi connectivity index (χ0n) is 18.2. The summed E-state index contributed by atoms with van der Waals surface area (Å²) in [6, 6.07) is 13.9. The number of fused-ring (bicyclic) bond motifs is 1. The third kappa shape index (κ3) is 4.53. The molecule has 5 atom stereocenters. The third-order valence-corrected chi connectivity index (χ3v) is 6.06. The molecule has 0 radical (unpaired) electrons. The zero-order chi connectivity index (χ0) is 22.8. The van der Waals surface area contributed by atoms with Crippen LogP contribution in [-0.2, 0) is 17.6 Å². The summed E-state index contributed by atoms with van der Waals surface area (Å²) in [5.41, 5.74) is 4.11. The minimum Gasteiger partial charge on any atom is -0.464 e. The molecule has 4 N–H and O–H groups in total. The topological polar surface area (TPSA) is 113 Å². The number of aliphatic hydroxyl groups is 4. The molecule has 1 aliphatic heterocycles. The van der Waals surface area contributed by atoms with Crippen LogP contribution in [0.4, 0.5) is 0 Å². The van der Waals surface area contributed by atoms with E-state index in [0.29, 0.717) is 17.3 Å². The van der Waals surface area contributed by atoms with E-state index in [2.05, 4.69) is 38.1 Å². The average Bonchev–Trinajstić information content (AvgIpc) is 3.22. The van der Waals surface area contributed by atoms with Crippen molar-refractivity contribution in [2.45, 2.75) is 63.3 Å². The molecule has 1 saturated heterocycles. The molecule has 0 bridgehead atoms. The molecule has 2 aromatic carbocycles. The van der Waals surface area contributed by atoms with Crippen molar-refractivity contribution >= 4 is 11.0 Å². The lowest BCUT2D eigenvalue weighted by Crippen LogP contribution is -2.60. The third-order valence-electron chi connectivity index (χ3n) is 6.06. The van der Waals surface area contributed by atoms with Crippen LogP contribution >= 0.6 is 0 Å². The van der Waals surface area contributed by atoms with Gasteiger partial charge in [-0.3, -0.25) is 0 Å². The lowest BCUT2D eigenvalue weighted by molar-refractivity contribution is -0.277. The largest absolute Gasteiger partial charge is 0.464 e. The highest BCUT2D eigenvalue weighted by molar-refractivity contribution is 5.87. The summed E-state index contributed by atoms with van der Waals surface area (Å²) < 4.78 is 17.1. The van der Waals surface area contributed by atoms with Crippen LogP contribution in [0, 0.1) is 0 Å². The van der Waals surface area contributed by atoms with Crippen molar-refractivity contribution in [1.29, 1.82) is 0 Å². The molecule has 172 valence electrons. The number of benzene rings is 2. The van der Waals surface area contributed by atoms with E-state index < -0.39 is 37.3 Å². The molecule has 3 aromatic rings. The monoisotopic (exact) mass is 442 g/mol. The highest BCUT2D eigenvalue weighted by Crippen LogP contribution is 2.34. The molecule has 7 nitrogen and oxygen atoms in total. The standard InChI is InChI=1S/C25H30O7/c1-14(2)16-9-6-15(7-10-16)8-11-17-13-30-18-4-3-5-19(21(17)18)31-25-24(29)23(28)22(27)20(12-26)32-25/h3-7,9-10,13-14,20,22-29H,8,11-12H2,1-2H3/t20-,22-,23+,24-,25-/m1/s1. The van der Waals surface area contributed by atoms with E-state index in [4.69, 9.17) is 13.9 Å². The molecule has 0 amide bonds. The lowest BCUT2D eigenvalue weighted by atomic mass is 9.98. The Morgan fingerprint density at radius 3 is 2.38 bits per heavy atom.